The van der Waals surface area contributed by atoms with Crippen LogP contribution in [0.25, 0.3) is 0 Å². The number of amides is 3. The molecule has 0 saturated carbocycles. The highest BCUT2D eigenvalue weighted by atomic mass is 16.5. The summed E-state index contributed by atoms with van der Waals surface area (Å²) in [4.78, 5) is 35.5. The Labute approximate surface area is 134 Å². The van der Waals surface area contributed by atoms with E-state index in [1.165, 1.54) is 26.2 Å². The minimum atomic E-state index is -0.914. The largest absolute Gasteiger partial charge is 0.392 e. The van der Waals surface area contributed by atoms with Crippen LogP contribution < -0.4 is 16.0 Å². The van der Waals surface area contributed by atoms with Gasteiger partial charge in [-0.15, -0.1) is 0 Å². The molecule has 8 nitrogen and oxygen atoms in total. The number of ether oxygens (including phenoxy) is 1. The molecule has 1 aromatic carbocycles. The number of carbonyl (C=O) groups is 3. The maximum Gasteiger partial charge on any atom is 0.313 e. The molecule has 0 spiro atoms. The van der Waals surface area contributed by atoms with E-state index in [9.17, 15) is 14.4 Å². The second-order valence-electron chi connectivity index (χ2n) is 4.81. The molecule has 0 aliphatic rings. The summed E-state index contributed by atoms with van der Waals surface area (Å²) in [5.74, 6) is -2.19. The Morgan fingerprint density at radius 3 is 2.52 bits per heavy atom. The van der Waals surface area contributed by atoms with Gasteiger partial charge in [-0.25, -0.2) is 0 Å². The van der Waals surface area contributed by atoms with Gasteiger partial charge < -0.3 is 25.8 Å². The summed E-state index contributed by atoms with van der Waals surface area (Å²) in [7, 11) is 1.52. The van der Waals surface area contributed by atoms with Crippen LogP contribution >= 0.6 is 0 Å². The van der Waals surface area contributed by atoms with Crippen LogP contribution in [0.3, 0.4) is 0 Å². The Balaban J connectivity index is 2.71. The predicted octanol–water partition coefficient (Wildman–Crippen LogP) is -0.502. The number of aliphatic hydroxyl groups excluding tert-OH is 1. The molecule has 0 fully saturated rings. The van der Waals surface area contributed by atoms with Gasteiger partial charge in [-0.2, -0.15) is 0 Å². The van der Waals surface area contributed by atoms with Gasteiger partial charge in [0.2, 0.25) is 0 Å². The first-order valence-electron chi connectivity index (χ1n) is 7.09. The topological polar surface area (TPSA) is 117 Å². The van der Waals surface area contributed by atoms with Gasteiger partial charge >= 0.3 is 11.8 Å². The molecular weight excluding hydrogens is 302 g/mol. The molecule has 0 aliphatic carbocycles. The number of para-hydroxylation sites is 1. The van der Waals surface area contributed by atoms with Gasteiger partial charge in [0.1, 0.15) is 0 Å². The van der Waals surface area contributed by atoms with Crippen LogP contribution in [0.1, 0.15) is 17.3 Å². The molecular formula is C15H21N3O5. The van der Waals surface area contributed by atoms with E-state index >= 15 is 0 Å². The Kier molecular flexibility index (Phi) is 7.72. The zero-order valence-electron chi connectivity index (χ0n) is 13.1. The van der Waals surface area contributed by atoms with Crippen molar-refractivity contribution >= 4 is 23.4 Å². The van der Waals surface area contributed by atoms with Crippen molar-refractivity contribution in [3.8, 4) is 0 Å². The van der Waals surface area contributed by atoms with E-state index in [2.05, 4.69) is 16.0 Å². The van der Waals surface area contributed by atoms with Gasteiger partial charge in [-0.05, 0) is 19.1 Å². The second kappa shape index (κ2) is 9.54. The summed E-state index contributed by atoms with van der Waals surface area (Å²) in [5, 5.41) is 16.4. The minimum absolute atomic E-state index is 0.0363. The highest BCUT2D eigenvalue weighted by Crippen LogP contribution is 2.14. The fraction of sp³-hybridized carbons (Fsp3) is 0.400. The molecule has 3 amide bonds. The number of anilines is 1. The van der Waals surface area contributed by atoms with Crippen molar-refractivity contribution < 1.29 is 24.2 Å². The third-order valence-electron chi connectivity index (χ3n) is 2.78. The van der Waals surface area contributed by atoms with E-state index in [0.29, 0.717) is 13.2 Å². The molecule has 0 aromatic heterocycles. The van der Waals surface area contributed by atoms with Crippen LogP contribution in [-0.4, -0.2) is 55.7 Å². The zero-order valence-corrected chi connectivity index (χ0v) is 13.1. The van der Waals surface area contributed by atoms with Crippen molar-refractivity contribution in [3.05, 3.63) is 29.8 Å². The number of hydrogen-bond acceptors (Lipinski definition) is 5. The average molecular weight is 323 g/mol. The Bertz CT molecular complexity index is 560. The highest BCUT2D eigenvalue weighted by molar-refractivity contribution is 6.40. The lowest BCUT2D eigenvalue weighted by Gasteiger charge is -2.11. The fourth-order valence-corrected chi connectivity index (χ4v) is 1.65. The van der Waals surface area contributed by atoms with Crippen LogP contribution in [0.4, 0.5) is 5.69 Å². The number of rotatable bonds is 7. The summed E-state index contributed by atoms with van der Waals surface area (Å²) >= 11 is 0. The summed E-state index contributed by atoms with van der Waals surface area (Å²) in [5.41, 5.74) is 0.458. The van der Waals surface area contributed by atoms with Crippen molar-refractivity contribution in [1.29, 1.82) is 0 Å². The zero-order chi connectivity index (χ0) is 17.2. The highest BCUT2D eigenvalue weighted by Gasteiger charge is 2.17. The van der Waals surface area contributed by atoms with Crippen molar-refractivity contribution in [2.45, 2.75) is 13.0 Å². The molecule has 0 heterocycles. The first-order valence-corrected chi connectivity index (χ1v) is 7.09. The molecule has 4 N–H and O–H groups in total. The van der Waals surface area contributed by atoms with E-state index in [1.807, 2.05) is 0 Å². The lowest BCUT2D eigenvalue weighted by atomic mass is 10.1. The molecule has 1 rings (SSSR count). The van der Waals surface area contributed by atoms with Gasteiger partial charge in [-0.3, -0.25) is 14.4 Å². The van der Waals surface area contributed by atoms with E-state index in [-0.39, 0.29) is 23.7 Å². The van der Waals surface area contributed by atoms with Crippen LogP contribution in [0.2, 0.25) is 0 Å². The molecule has 0 unspecified atom stereocenters. The summed E-state index contributed by atoms with van der Waals surface area (Å²) in [6, 6.07) is 6.33. The van der Waals surface area contributed by atoms with Crippen LogP contribution in [0.15, 0.2) is 24.3 Å². The normalized spacial score (nSPS) is 11.4. The molecule has 0 bridgehead atoms. The number of benzene rings is 1. The minimum Gasteiger partial charge on any atom is -0.392 e. The standard InChI is InChI=1S/C15H21N3O5/c1-10(19)9-17-14(21)15(22)18-12-6-4-3-5-11(12)13(20)16-7-8-23-2/h3-6,10,19H,7-9H2,1-2H3,(H,16,20)(H,17,21)(H,18,22)/t10-/m1/s1. The molecule has 23 heavy (non-hydrogen) atoms. The number of carbonyl (C=O) groups excluding carboxylic acids is 3. The fourth-order valence-electron chi connectivity index (χ4n) is 1.65. The van der Waals surface area contributed by atoms with E-state index in [0.717, 1.165) is 0 Å². The predicted molar refractivity (Wildman–Crippen MR) is 84.0 cm³/mol. The van der Waals surface area contributed by atoms with E-state index in [1.54, 1.807) is 12.1 Å². The van der Waals surface area contributed by atoms with Gasteiger partial charge in [-0.1, -0.05) is 12.1 Å². The summed E-state index contributed by atoms with van der Waals surface area (Å²) in [6.45, 7) is 2.14. The first kappa shape index (κ1) is 18.6. The smallest absolute Gasteiger partial charge is 0.313 e. The van der Waals surface area contributed by atoms with Gasteiger partial charge in [0.15, 0.2) is 0 Å². The number of hydrogen-bond donors (Lipinski definition) is 4. The molecule has 1 atom stereocenters. The Morgan fingerprint density at radius 1 is 1.17 bits per heavy atom. The molecule has 0 aliphatic heterocycles. The molecule has 126 valence electrons. The van der Waals surface area contributed by atoms with Crippen molar-refractivity contribution in [2.24, 2.45) is 0 Å². The lowest BCUT2D eigenvalue weighted by Crippen LogP contribution is -2.39. The number of aliphatic hydroxyl groups is 1. The van der Waals surface area contributed by atoms with E-state index in [4.69, 9.17) is 9.84 Å². The van der Waals surface area contributed by atoms with Crippen LogP contribution in [-0.2, 0) is 14.3 Å². The SMILES string of the molecule is COCCNC(=O)c1ccccc1NC(=O)C(=O)NC[C@@H](C)O. The third-order valence-corrected chi connectivity index (χ3v) is 2.78. The van der Waals surface area contributed by atoms with Crippen LogP contribution in [0.5, 0.6) is 0 Å². The molecule has 0 saturated heterocycles. The second-order valence-corrected chi connectivity index (χ2v) is 4.81. The molecule has 0 radical (unpaired) electrons. The Hall–Kier alpha value is -2.45. The van der Waals surface area contributed by atoms with E-state index < -0.39 is 17.9 Å². The number of nitrogens with one attached hydrogen (secondary N) is 3. The van der Waals surface area contributed by atoms with Crippen molar-refractivity contribution in [1.82, 2.24) is 10.6 Å². The average Bonchev–Trinajstić information content (AvgIpc) is 2.53. The van der Waals surface area contributed by atoms with Gasteiger partial charge in [0.25, 0.3) is 5.91 Å². The quantitative estimate of drug-likeness (QED) is 0.399. The monoisotopic (exact) mass is 323 g/mol. The van der Waals surface area contributed by atoms with Gasteiger partial charge in [0, 0.05) is 20.2 Å². The number of methoxy groups -OCH3 is 1. The Morgan fingerprint density at radius 2 is 1.87 bits per heavy atom. The molecule has 1 aromatic rings. The molecule has 8 heteroatoms. The lowest BCUT2D eigenvalue weighted by molar-refractivity contribution is -0.136. The summed E-state index contributed by atoms with van der Waals surface area (Å²) < 4.78 is 4.84. The van der Waals surface area contributed by atoms with Gasteiger partial charge in [0.05, 0.1) is 24.0 Å². The van der Waals surface area contributed by atoms with Crippen LogP contribution in [0, 0.1) is 0 Å². The maximum atomic E-state index is 12.1. The maximum absolute atomic E-state index is 12.1. The first-order chi connectivity index (χ1) is 11.0. The van der Waals surface area contributed by atoms with Crippen molar-refractivity contribution in [2.75, 3.05) is 32.1 Å². The van der Waals surface area contributed by atoms with Crippen molar-refractivity contribution in [3.63, 3.8) is 0 Å². The third kappa shape index (κ3) is 6.45. The summed E-state index contributed by atoms with van der Waals surface area (Å²) in [6.07, 6.45) is -0.759.